The fraction of sp³-hybridized carbons (Fsp3) is 0. The molecule has 0 fully saturated rings. The van der Waals surface area contributed by atoms with Gasteiger partial charge in [-0.3, -0.25) is 4.79 Å². The third-order valence-electron chi connectivity index (χ3n) is 4.75. The second kappa shape index (κ2) is 8.97. The normalized spacial score (nSPS) is 10.7. The molecule has 0 aliphatic rings. The number of anilines is 3. The van der Waals surface area contributed by atoms with Gasteiger partial charge >= 0.3 is 0 Å². The number of ketones is 1. The van der Waals surface area contributed by atoms with Crippen molar-refractivity contribution < 1.29 is 14.1 Å². The number of rotatable bonds is 7. The van der Waals surface area contributed by atoms with E-state index in [-0.39, 0.29) is 22.2 Å². The van der Waals surface area contributed by atoms with Crippen LogP contribution in [0.25, 0.3) is 11.3 Å². The van der Waals surface area contributed by atoms with Gasteiger partial charge in [0.2, 0.25) is 11.5 Å². The van der Waals surface area contributed by atoms with Crippen molar-refractivity contribution in [1.29, 1.82) is 0 Å². The number of aromatic nitrogens is 2. The van der Waals surface area contributed by atoms with Gasteiger partial charge in [0.25, 0.3) is 0 Å². The number of nitrogens with two attached hydrogens (primary N) is 1. The highest BCUT2D eigenvalue weighted by molar-refractivity contribution is 7.18. The van der Waals surface area contributed by atoms with Gasteiger partial charge in [-0.2, -0.15) is 0 Å². The molecule has 2 heterocycles. The highest BCUT2D eigenvalue weighted by Gasteiger charge is 2.22. The molecule has 3 N–H and O–H groups in total. The molecule has 2 aromatic heterocycles. The lowest BCUT2D eigenvalue weighted by Crippen LogP contribution is -2.01. The summed E-state index contributed by atoms with van der Waals surface area (Å²) in [5.41, 5.74) is 8.25. The summed E-state index contributed by atoms with van der Waals surface area (Å²) in [4.78, 5) is 17.5. The Labute approximate surface area is 193 Å². The van der Waals surface area contributed by atoms with Crippen molar-refractivity contribution in [1.82, 2.24) is 10.1 Å². The van der Waals surface area contributed by atoms with E-state index in [9.17, 15) is 4.79 Å². The van der Waals surface area contributed by atoms with Gasteiger partial charge in [0, 0.05) is 17.3 Å². The molecule has 0 amide bonds. The number of para-hydroxylation sites is 1. The molecule has 5 aromatic rings. The molecule has 0 radical (unpaired) electrons. The number of carbonyl (C=O) groups excluding carboxylic acids is 1. The van der Waals surface area contributed by atoms with Crippen LogP contribution in [-0.4, -0.2) is 15.9 Å². The molecule has 0 unspecified atom stereocenters. The summed E-state index contributed by atoms with van der Waals surface area (Å²) in [6.07, 6.45) is 0. The van der Waals surface area contributed by atoms with Crippen LogP contribution in [0.2, 0.25) is 0 Å². The highest BCUT2D eigenvalue weighted by atomic mass is 32.1. The van der Waals surface area contributed by atoms with Crippen molar-refractivity contribution in [3.63, 3.8) is 0 Å². The quantitative estimate of drug-likeness (QED) is 0.284. The third-order valence-corrected chi connectivity index (χ3v) is 5.73. The zero-order valence-corrected chi connectivity index (χ0v) is 18.1. The fourth-order valence-electron chi connectivity index (χ4n) is 3.14. The first-order chi connectivity index (χ1) is 16.2. The molecule has 7 nitrogen and oxygen atoms in total. The van der Waals surface area contributed by atoms with Crippen LogP contribution in [0.3, 0.4) is 0 Å². The Bertz CT molecular complexity index is 1380. The minimum absolute atomic E-state index is 0.109. The van der Waals surface area contributed by atoms with E-state index in [0.717, 1.165) is 28.3 Å². The molecule has 5 rings (SSSR count). The summed E-state index contributed by atoms with van der Waals surface area (Å²) in [6, 6.07) is 28.0. The van der Waals surface area contributed by atoms with Crippen LogP contribution in [-0.2, 0) is 0 Å². The van der Waals surface area contributed by atoms with Gasteiger partial charge < -0.3 is 20.3 Å². The molecule has 0 atom stereocenters. The average Bonchev–Trinajstić information content (AvgIpc) is 3.48. The third kappa shape index (κ3) is 4.60. The largest absolute Gasteiger partial charge is 0.457 e. The lowest BCUT2D eigenvalue weighted by molar-refractivity contribution is 0.100. The van der Waals surface area contributed by atoms with Gasteiger partial charge in [-0.05, 0) is 36.4 Å². The van der Waals surface area contributed by atoms with Crippen LogP contribution in [0, 0.1) is 0 Å². The van der Waals surface area contributed by atoms with E-state index in [1.165, 1.54) is 0 Å². The van der Waals surface area contributed by atoms with Crippen LogP contribution in [0.15, 0.2) is 95.5 Å². The minimum Gasteiger partial charge on any atom is -0.457 e. The zero-order chi connectivity index (χ0) is 22.6. The maximum atomic E-state index is 12.9. The number of nitrogen functional groups attached to an aromatic ring is 1. The Balaban J connectivity index is 1.29. The van der Waals surface area contributed by atoms with Crippen LogP contribution in [0.4, 0.5) is 16.6 Å². The predicted molar refractivity (Wildman–Crippen MR) is 128 cm³/mol. The topological polar surface area (TPSA) is 103 Å². The maximum Gasteiger partial charge on any atom is 0.244 e. The average molecular weight is 455 g/mol. The summed E-state index contributed by atoms with van der Waals surface area (Å²) in [6.45, 7) is 0. The second-order valence-electron chi connectivity index (χ2n) is 7.07. The van der Waals surface area contributed by atoms with E-state index < -0.39 is 0 Å². The Morgan fingerprint density at radius 1 is 0.909 bits per heavy atom. The molecule has 33 heavy (non-hydrogen) atoms. The first kappa shape index (κ1) is 20.5. The van der Waals surface area contributed by atoms with E-state index in [2.05, 4.69) is 15.5 Å². The molecule has 8 heteroatoms. The predicted octanol–water partition coefficient (Wildman–Crippen LogP) is 6.15. The maximum absolute atomic E-state index is 12.9. The van der Waals surface area contributed by atoms with Crippen molar-refractivity contribution in [3.05, 3.63) is 102 Å². The van der Waals surface area contributed by atoms with Gasteiger partial charge in [0.1, 0.15) is 27.9 Å². The van der Waals surface area contributed by atoms with Crippen molar-refractivity contribution in [3.8, 4) is 22.8 Å². The number of thiazole rings is 1. The van der Waals surface area contributed by atoms with E-state index in [1.54, 1.807) is 6.07 Å². The number of nitrogens with zero attached hydrogens (tertiary/aromatic N) is 2. The molecule has 0 bridgehead atoms. The van der Waals surface area contributed by atoms with E-state index in [4.69, 9.17) is 15.0 Å². The smallest absolute Gasteiger partial charge is 0.244 e. The van der Waals surface area contributed by atoms with Gasteiger partial charge in [-0.1, -0.05) is 65.0 Å². The molecule has 0 spiro atoms. The summed E-state index contributed by atoms with van der Waals surface area (Å²) in [5, 5.41) is 7.66. The van der Waals surface area contributed by atoms with Crippen LogP contribution in [0.1, 0.15) is 15.4 Å². The Hall–Kier alpha value is -4.43. The Kier molecular flexibility index (Phi) is 5.57. The van der Waals surface area contributed by atoms with E-state index >= 15 is 0 Å². The van der Waals surface area contributed by atoms with Crippen molar-refractivity contribution in [2.24, 2.45) is 0 Å². The fourth-order valence-corrected chi connectivity index (χ4v) is 3.99. The molecule has 0 saturated carbocycles. The SMILES string of the molecule is Nc1nc(Nc2ccc(Oc3ccccc3)cc2)sc1C(=O)c1cc(-c2ccccc2)no1. The lowest BCUT2D eigenvalue weighted by atomic mass is 10.1. The number of ether oxygens (including phenoxy) is 1. The molecule has 0 aliphatic carbocycles. The van der Waals surface area contributed by atoms with E-state index in [1.807, 2.05) is 84.9 Å². The molecule has 0 aliphatic heterocycles. The Morgan fingerprint density at radius 3 is 2.30 bits per heavy atom. The van der Waals surface area contributed by atoms with Crippen molar-refractivity contribution >= 4 is 33.8 Å². The van der Waals surface area contributed by atoms with Gasteiger partial charge in [-0.15, -0.1) is 0 Å². The number of carbonyl (C=O) groups is 1. The van der Waals surface area contributed by atoms with Crippen LogP contribution >= 0.6 is 11.3 Å². The summed E-state index contributed by atoms with van der Waals surface area (Å²) >= 11 is 1.15. The first-order valence-electron chi connectivity index (χ1n) is 10.1. The molecule has 0 saturated heterocycles. The number of hydrogen-bond donors (Lipinski definition) is 2. The van der Waals surface area contributed by atoms with Crippen molar-refractivity contribution in [2.75, 3.05) is 11.1 Å². The number of nitrogens with one attached hydrogen (secondary N) is 1. The molecule has 3 aromatic carbocycles. The molecular formula is C25H18N4O3S. The molecule has 162 valence electrons. The minimum atomic E-state index is -0.362. The Morgan fingerprint density at radius 2 is 1.58 bits per heavy atom. The summed E-state index contributed by atoms with van der Waals surface area (Å²) in [7, 11) is 0. The lowest BCUT2D eigenvalue weighted by Gasteiger charge is -2.07. The van der Waals surface area contributed by atoms with Crippen LogP contribution < -0.4 is 15.8 Å². The zero-order valence-electron chi connectivity index (χ0n) is 17.3. The number of benzene rings is 3. The second-order valence-corrected chi connectivity index (χ2v) is 8.07. The van der Waals surface area contributed by atoms with E-state index in [0.29, 0.717) is 16.6 Å². The highest BCUT2D eigenvalue weighted by Crippen LogP contribution is 2.31. The monoisotopic (exact) mass is 454 g/mol. The van der Waals surface area contributed by atoms with Gasteiger partial charge in [0.05, 0.1) is 0 Å². The van der Waals surface area contributed by atoms with Gasteiger partial charge in [0.15, 0.2) is 5.13 Å². The molecular weight excluding hydrogens is 436 g/mol. The van der Waals surface area contributed by atoms with Gasteiger partial charge in [-0.25, -0.2) is 4.98 Å². The first-order valence-corrected chi connectivity index (χ1v) is 10.9. The van der Waals surface area contributed by atoms with Crippen molar-refractivity contribution in [2.45, 2.75) is 0 Å². The standard InChI is InChI=1S/C25H18N4O3S/c26-24-23(22(30)21-15-20(29-32-21)16-7-3-1-4-8-16)33-25(28-24)27-17-11-13-19(14-12-17)31-18-9-5-2-6-10-18/h1-15H,26H2,(H,27,28). The summed E-state index contributed by atoms with van der Waals surface area (Å²) in [5.74, 6) is 1.35. The number of hydrogen-bond acceptors (Lipinski definition) is 8. The summed E-state index contributed by atoms with van der Waals surface area (Å²) < 4.78 is 11.1. The van der Waals surface area contributed by atoms with Crippen LogP contribution in [0.5, 0.6) is 11.5 Å².